The van der Waals surface area contributed by atoms with Gasteiger partial charge in [0.15, 0.2) is 0 Å². The minimum atomic E-state index is -0.0381. The summed E-state index contributed by atoms with van der Waals surface area (Å²) in [5.74, 6) is 0.861. The van der Waals surface area contributed by atoms with Crippen molar-refractivity contribution in [3.05, 3.63) is 51.2 Å². The van der Waals surface area contributed by atoms with Gasteiger partial charge in [-0.3, -0.25) is 0 Å². The molecule has 1 aromatic carbocycles. The monoisotopic (exact) mass is 267 g/mol. The molecule has 17 heavy (non-hydrogen) atoms. The zero-order valence-electron chi connectivity index (χ0n) is 9.52. The van der Waals surface area contributed by atoms with Crippen molar-refractivity contribution < 1.29 is 4.74 Å². The molecule has 1 unspecified atom stereocenters. The molecule has 0 aliphatic carbocycles. The molecule has 0 fully saturated rings. The molecule has 0 aliphatic heterocycles. The van der Waals surface area contributed by atoms with Crippen LogP contribution < -0.4 is 10.5 Å². The Morgan fingerprint density at radius 1 is 1.41 bits per heavy atom. The third kappa shape index (κ3) is 3.00. The fourth-order valence-corrected chi connectivity index (χ4v) is 2.71. The molecule has 2 rings (SSSR count). The van der Waals surface area contributed by atoms with Crippen molar-refractivity contribution in [3.63, 3.8) is 0 Å². The maximum atomic E-state index is 6.16. The van der Waals surface area contributed by atoms with Crippen molar-refractivity contribution in [1.29, 1.82) is 0 Å². The van der Waals surface area contributed by atoms with Crippen LogP contribution in [0.4, 0.5) is 0 Å². The van der Waals surface area contributed by atoms with Gasteiger partial charge in [-0.05, 0) is 24.1 Å². The molecule has 0 bridgehead atoms. The van der Waals surface area contributed by atoms with Crippen molar-refractivity contribution in [2.75, 3.05) is 7.11 Å². The van der Waals surface area contributed by atoms with Crippen molar-refractivity contribution >= 4 is 22.9 Å². The summed E-state index contributed by atoms with van der Waals surface area (Å²) in [6, 6.07) is 9.73. The maximum Gasteiger partial charge on any atom is 0.129 e. The van der Waals surface area contributed by atoms with E-state index in [2.05, 4.69) is 0 Å². The molecule has 1 heterocycles. The zero-order chi connectivity index (χ0) is 12.3. The Hall–Kier alpha value is -1.03. The number of ether oxygens (including phenoxy) is 1. The highest BCUT2D eigenvalue weighted by Crippen LogP contribution is 2.29. The lowest BCUT2D eigenvalue weighted by Gasteiger charge is -2.10. The van der Waals surface area contributed by atoms with E-state index in [1.807, 2.05) is 35.7 Å². The van der Waals surface area contributed by atoms with E-state index in [-0.39, 0.29) is 6.04 Å². The van der Waals surface area contributed by atoms with E-state index in [1.54, 1.807) is 18.4 Å². The number of rotatable bonds is 4. The Bertz CT molecular complexity index is 498. The molecule has 90 valence electrons. The molecule has 0 saturated carbocycles. The molecule has 0 amide bonds. The average molecular weight is 268 g/mol. The van der Waals surface area contributed by atoms with E-state index < -0.39 is 0 Å². The van der Waals surface area contributed by atoms with Crippen LogP contribution in [0.1, 0.15) is 16.5 Å². The summed E-state index contributed by atoms with van der Waals surface area (Å²) >= 11 is 7.73. The smallest absolute Gasteiger partial charge is 0.129 e. The fourth-order valence-electron chi connectivity index (χ4n) is 1.64. The van der Waals surface area contributed by atoms with E-state index in [1.165, 1.54) is 0 Å². The molecule has 0 saturated heterocycles. The Morgan fingerprint density at radius 2 is 2.18 bits per heavy atom. The van der Waals surface area contributed by atoms with Crippen molar-refractivity contribution in [2.24, 2.45) is 5.73 Å². The lowest BCUT2D eigenvalue weighted by atomic mass is 10.1. The molecule has 0 spiro atoms. The van der Waals surface area contributed by atoms with Crippen molar-refractivity contribution in [3.8, 4) is 5.75 Å². The third-order valence-electron chi connectivity index (χ3n) is 2.59. The molecule has 0 radical (unpaired) electrons. The fraction of sp³-hybridized carbons (Fsp3) is 0.231. The van der Waals surface area contributed by atoms with Crippen LogP contribution in [-0.4, -0.2) is 7.11 Å². The van der Waals surface area contributed by atoms with Gasteiger partial charge >= 0.3 is 0 Å². The van der Waals surface area contributed by atoms with Crippen LogP contribution >= 0.6 is 22.9 Å². The number of methoxy groups -OCH3 is 1. The van der Waals surface area contributed by atoms with Crippen LogP contribution in [0.25, 0.3) is 0 Å². The second-order valence-electron chi connectivity index (χ2n) is 3.79. The Morgan fingerprint density at radius 3 is 2.82 bits per heavy atom. The van der Waals surface area contributed by atoms with Gasteiger partial charge in [-0.25, -0.2) is 0 Å². The first kappa shape index (κ1) is 12.4. The van der Waals surface area contributed by atoms with Crippen LogP contribution in [0.5, 0.6) is 5.75 Å². The molecule has 1 aromatic heterocycles. The van der Waals surface area contributed by atoms with Crippen LogP contribution in [0.15, 0.2) is 35.7 Å². The average Bonchev–Trinajstić information content (AvgIpc) is 2.81. The van der Waals surface area contributed by atoms with Gasteiger partial charge < -0.3 is 10.5 Å². The summed E-state index contributed by atoms with van der Waals surface area (Å²) in [4.78, 5) is 1.11. The molecule has 2 aromatic rings. The van der Waals surface area contributed by atoms with E-state index in [4.69, 9.17) is 22.1 Å². The Kier molecular flexibility index (Phi) is 4.05. The number of hydrogen-bond acceptors (Lipinski definition) is 3. The predicted molar refractivity (Wildman–Crippen MR) is 73.0 cm³/mol. The Labute approximate surface area is 110 Å². The molecule has 2 nitrogen and oxygen atoms in total. The summed E-state index contributed by atoms with van der Waals surface area (Å²) < 4.78 is 5.15. The SMILES string of the molecule is COc1csc(C(N)Cc2ccccc2Cl)c1. The summed E-state index contributed by atoms with van der Waals surface area (Å²) in [6.45, 7) is 0. The first-order chi connectivity index (χ1) is 8.20. The second kappa shape index (κ2) is 5.54. The largest absolute Gasteiger partial charge is 0.496 e. The van der Waals surface area contributed by atoms with Gasteiger partial charge in [0, 0.05) is 21.3 Å². The molecule has 4 heteroatoms. The van der Waals surface area contributed by atoms with Crippen LogP contribution in [0.2, 0.25) is 5.02 Å². The van der Waals surface area contributed by atoms with Gasteiger partial charge in [-0.15, -0.1) is 11.3 Å². The maximum absolute atomic E-state index is 6.16. The molecule has 0 aliphatic rings. The van der Waals surface area contributed by atoms with Crippen LogP contribution in [-0.2, 0) is 6.42 Å². The van der Waals surface area contributed by atoms with Crippen molar-refractivity contribution in [2.45, 2.75) is 12.5 Å². The molecular formula is C13H14ClNOS. The second-order valence-corrected chi connectivity index (χ2v) is 5.14. The number of benzene rings is 1. The summed E-state index contributed by atoms with van der Waals surface area (Å²) in [5.41, 5.74) is 7.24. The van der Waals surface area contributed by atoms with Gasteiger partial charge in [-0.2, -0.15) is 0 Å². The number of hydrogen-bond donors (Lipinski definition) is 1. The van der Waals surface area contributed by atoms with Gasteiger partial charge in [0.25, 0.3) is 0 Å². The minimum absolute atomic E-state index is 0.0381. The summed E-state index contributed by atoms with van der Waals surface area (Å²) in [7, 11) is 1.66. The molecule has 1 atom stereocenters. The van der Waals surface area contributed by atoms with Crippen LogP contribution in [0.3, 0.4) is 0 Å². The molecule has 2 N–H and O–H groups in total. The van der Waals surface area contributed by atoms with Gasteiger partial charge in [0.1, 0.15) is 5.75 Å². The van der Waals surface area contributed by atoms with Crippen molar-refractivity contribution in [1.82, 2.24) is 0 Å². The van der Waals surface area contributed by atoms with E-state index in [9.17, 15) is 0 Å². The lowest BCUT2D eigenvalue weighted by Crippen LogP contribution is -2.11. The number of halogens is 1. The first-order valence-electron chi connectivity index (χ1n) is 5.32. The first-order valence-corrected chi connectivity index (χ1v) is 6.58. The molecular weight excluding hydrogens is 254 g/mol. The topological polar surface area (TPSA) is 35.2 Å². The highest BCUT2D eigenvalue weighted by molar-refractivity contribution is 7.10. The quantitative estimate of drug-likeness (QED) is 0.918. The predicted octanol–water partition coefficient (Wildman–Crippen LogP) is 3.65. The summed E-state index contributed by atoms with van der Waals surface area (Å²) in [5, 5.41) is 2.73. The number of thiophene rings is 1. The van der Waals surface area contributed by atoms with Gasteiger partial charge in [0.05, 0.1) is 7.11 Å². The zero-order valence-corrected chi connectivity index (χ0v) is 11.1. The highest BCUT2D eigenvalue weighted by atomic mass is 35.5. The third-order valence-corrected chi connectivity index (χ3v) is 4.01. The Balaban J connectivity index is 2.11. The van der Waals surface area contributed by atoms with Gasteiger partial charge in [-0.1, -0.05) is 29.8 Å². The summed E-state index contributed by atoms with van der Waals surface area (Å²) in [6.07, 6.45) is 0.739. The normalized spacial score (nSPS) is 12.4. The minimum Gasteiger partial charge on any atom is -0.496 e. The van der Waals surface area contributed by atoms with E-state index >= 15 is 0 Å². The van der Waals surface area contributed by atoms with E-state index in [0.29, 0.717) is 0 Å². The van der Waals surface area contributed by atoms with Crippen LogP contribution in [0, 0.1) is 0 Å². The van der Waals surface area contributed by atoms with E-state index in [0.717, 1.165) is 27.6 Å². The lowest BCUT2D eigenvalue weighted by molar-refractivity contribution is 0.416. The van der Waals surface area contributed by atoms with Gasteiger partial charge in [0.2, 0.25) is 0 Å². The highest BCUT2D eigenvalue weighted by Gasteiger charge is 2.11. The number of nitrogens with two attached hydrogens (primary N) is 1. The standard InChI is InChI=1S/C13H14ClNOS/c1-16-10-7-13(17-8-10)12(15)6-9-4-2-3-5-11(9)14/h2-5,7-8,12H,6,15H2,1H3.